The highest BCUT2D eigenvalue weighted by atomic mass is 16.5. The summed E-state index contributed by atoms with van der Waals surface area (Å²) in [6.45, 7) is 7.03. The Balaban J connectivity index is 2.35. The molecule has 0 aromatic rings. The third-order valence-corrected chi connectivity index (χ3v) is 3.41. The first kappa shape index (κ1) is 11.0. The van der Waals surface area contributed by atoms with Gasteiger partial charge in [-0.2, -0.15) is 0 Å². The normalized spacial score (nSPS) is 40.4. The second-order valence-electron chi connectivity index (χ2n) is 4.36. The van der Waals surface area contributed by atoms with Crippen molar-refractivity contribution >= 4 is 0 Å². The minimum Gasteiger partial charge on any atom is -0.385 e. The zero-order valence-corrected chi connectivity index (χ0v) is 9.00. The van der Waals surface area contributed by atoms with Crippen LogP contribution in [-0.4, -0.2) is 31.1 Å². The molecular formula is C10H21NO2. The predicted molar refractivity (Wildman–Crippen MR) is 52.4 cm³/mol. The number of nitrogens with one attached hydrogen (secondary N) is 1. The van der Waals surface area contributed by atoms with Gasteiger partial charge in [-0.15, -0.1) is 0 Å². The summed E-state index contributed by atoms with van der Waals surface area (Å²) in [6.07, 6.45) is 0.659. The van der Waals surface area contributed by atoms with Crippen molar-refractivity contribution in [2.45, 2.75) is 39.5 Å². The van der Waals surface area contributed by atoms with E-state index in [-0.39, 0.29) is 0 Å². The summed E-state index contributed by atoms with van der Waals surface area (Å²) in [6, 6.07) is 0.447. The Labute approximate surface area is 80.5 Å². The third-order valence-electron chi connectivity index (χ3n) is 3.41. The lowest BCUT2D eigenvalue weighted by Gasteiger charge is -2.12. The second-order valence-corrected chi connectivity index (χ2v) is 4.36. The van der Waals surface area contributed by atoms with E-state index in [0.717, 1.165) is 13.0 Å². The van der Waals surface area contributed by atoms with E-state index in [1.165, 1.54) is 0 Å². The van der Waals surface area contributed by atoms with Crippen LogP contribution < -0.4 is 5.32 Å². The van der Waals surface area contributed by atoms with Crippen LogP contribution in [0.1, 0.15) is 27.2 Å². The lowest BCUT2D eigenvalue weighted by molar-refractivity contribution is 0.140. The monoisotopic (exact) mass is 187 g/mol. The molecule has 0 amide bonds. The minimum absolute atomic E-state index is 0.312. The van der Waals surface area contributed by atoms with E-state index in [1.807, 2.05) is 0 Å². The first-order valence-corrected chi connectivity index (χ1v) is 4.95. The van der Waals surface area contributed by atoms with Crippen molar-refractivity contribution in [3.63, 3.8) is 0 Å². The van der Waals surface area contributed by atoms with Gasteiger partial charge in [0.2, 0.25) is 0 Å². The molecule has 0 aliphatic heterocycles. The Kier molecular flexibility index (Phi) is 3.33. The van der Waals surface area contributed by atoms with Gasteiger partial charge in [-0.3, -0.25) is 5.32 Å². The molecule has 1 aliphatic rings. The molecule has 0 saturated heterocycles. The molecule has 1 saturated carbocycles. The maximum atomic E-state index is 9.20. The SMILES string of the molecule is COCCC1(C)[C@H](N[C@@H](C)O)[C@@H]1C. The molecule has 0 aromatic heterocycles. The number of hydrogen-bond acceptors (Lipinski definition) is 3. The molecule has 3 heteroatoms. The molecule has 1 unspecified atom stereocenters. The van der Waals surface area contributed by atoms with Gasteiger partial charge < -0.3 is 9.84 Å². The zero-order valence-electron chi connectivity index (χ0n) is 9.00. The first-order chi connectivity index (χ1) is 6.02. The van der Waals surface area contributed by atoms with Gasteiger partial charge in [0.05, 0.1) is 0 Å². The van der Waals surface area contributed by atoms with E-state index in [9.17, 15) is 5.11 Å². The lowest BCUT2D eigenvalue weighted by Crippen LogP contribution is -2.31. The highest BCUT2D eigenvalue weighted by Crippen LogP contribution is 2.54. The lowest BCUT2D eigenvalue weighted by atomic mass is 10.0. The summed E-state index contributed by atoms with van der Waals surface area (Å²) in [7, 11) is 1.73. The van der Waals surface area contributed by atoms with Crippen LogP contribution in [-0.2, 0) is 4.74 Å². The number of ether oxygens (including phenoxy) is 1. The van der Waals surface area contributed by atoms with Crippen LogP contribution in [0.25, 0.3) is 0 Å². The summed E-state index contributed by atoms with van der Waals surface area (Å²) in [5, 5.41) is 12.4. The molecule has 13 heavy (non-hydrogen) atoms. The summed E-state index contributed by atoms with van der Waals surface area (Å²) in [5.74, 6) is 0.636. The van der Waals surface area contributed by atoms with E-state index in [4.69, 9.17) is 4.74 Å². The van der Waals surface area contributed by atoms with Crippen LogP contribution in [0.4, 0.5) is 0 Å². The number of methoxy groups -OCH3 is 1. The maximum absolute atomic E-state index is 9.20. The van der Waals surface area contributed by atoms with Crippen molar-refractivity contribution in [2.24, 2.45) is 11.3 Å². The molecule has 1 fully saturated rings. The van der Waals surface area contributed by atoms with Gasteiger partial charge in [0.1, 0.15) is 6.23 Å². The van der Waals surface area contributed by atoms with Crippen LogP contribution in [0.3, 0.4) is 0 Å². The van der Waals surface area contributed by atoms with Gasteiger partial charge in [-0.1, -0.05) is 13.8 Å². The van der Waals surface area contributed by atoms with E-state index >= 15 is 0 Å². The topological polar surface area (TPSA) is 41.5 Å². The van der Waals surface area contributed by atoms with Crippen molar-refractivity contribution in [1.29, 1.82) is 0 Å². The Hall–Kier alpha value is -0.120. The molecule has 2 N–H and O–H groups in total. The highest BCUT2D eigenvalue weighted by Gasteiger charge is 2.57. The number of aliphatic hydroxyl groups is 1. The van der Waals surface area contributed by atoms with Crippen LogP contribution in [0.2, 0.25) is 0 Å². The van der Waals surface area contributed by atoms with Crippen molar-refractivity contribution < 1.29 is 9.84 Å². The van der Waals surface area contributed by atoms with Gasteiger partial charge in [-0.05, 0) is 24.7 Å². The van der Waals surface area contributed by atoms with Crippen LogP contribution in [0.15, 0.2) is 0 Å². The summed E-state index contributed by atoms with van der Waals surface area (Å²) in [5.41, 5.74) is 0.312. The average molecular weight is 187 g/mol. The smallest absolute Gasteiger partial charge is 0.102 e. The van der Waals surface area contributed by atoms with Gasteiger partial charge in [0, 0.05) is 19.8 Å². The molecule has 3 nitrogen and oxygen atoms in total. The molecule has 1 aliphatic carbocycles. The van der Waals surface area contributed by atoms with Crippen molar-refractivity contribution in [2.75, 3.05) is 13.7 Å². The molecule has 78 valence electrons. The molecule has 4 atom stereocenters. The fourth-order valence-electron chi connectivity index (χ4n) is 2.10. The fourth-order valence-corrected chi connectivity index (χ4v) is 2.10. The van der Waals surface area contributed by atoms with Crippen LogP contribution in [0.5, 0.6) is 0 Å². The highest BCUT2D eigenvalue weighted by molar-refractivity contribution is 5.10. The van der Waals surface area contributed by atoms with Crippen molar-refractivity contribution in [1.82, 2.24) is 5.32 Å². The zero-order chi connectivity index (χ0) is 10.1. The number of rotatable bonds is 5. The maximum Gasteiger partial charge on any atom is 0.102 e. The Bertz CT molecular complexity index is 172. The largest absolute Gasteiger partial charge is 0.385 e. The van der Waals surface area contributed by atoms with Gasteiger partial charge in [-0.25, -0.2) is 0 Å². The number of hydrogen-bond donors (Lipinski definition) is 2. The number of aliphatic hydroxyl groups excluding tert-OH is 1. The summed E-state index contributed by atoms with van der Waals surface area (Å²) < 4.78 is 5.07. The van der Waals surface area contributed by atoms with Crippen LogP contribution in [0, 0.1) is 11.3 Å². The van der Waals surface area contributed by atoms with E-state index < -0.39 is 6.23 Å². The third kappa shape index (κ3) is 2.22. The quantitative estimate of drug-likeness (QED) is 0.630. The van der Waals surface area contributed by atoms with E-state index in [0.29, 0.717) is 17.4 Å². The molecular weight excluding hydrogens is 166 g/mol. The van der Waals surface area contributed by atoms with Gasteiger partial charge >= 0.3 is 0 Å². The minimum atomic E-state index is -0.406. The van der Waals surface area contributed by atoms with Crippen molar-refractivity contribution in [3.8, 4) is 0 Å². The molecule has 0 bridgehead atoms. The van der Waals surface area contributed by atoms with Gasteiger partial charge in [0.15, 0.2) is 0 Å². The second kappa shape index (κ2) is 3.95. The summed E-state index contributed by atoms with van der Waals surface area (Å²) >= 11 is 0. The average Bonchev–Trinajstić information content (AvgIpc) is 2.54. The van der Waals surface area contributed by atoms with Crippen LogP contribution >= 0.6 is 0 Å². The van der Waals surface area contributed by atoms with E-state index in [1.54, 1.807) is 14.0 Å². The van der Waals surface area contributed by atoms with E-state index in [2.05, 4.69) is 19.2 Å². The Morgan fingerprint density at radius 1 is 1.62 bits per heavy atom. The van der Waals surface area contributed by atoms with Crippen molar-refractivity contribution in [3.05, 3.63) is 0 Å². The Morgan fingerprint density at radius 3 is 2.69 bits per heavy atom. The van der Waals surface area contributed by atoms with Gasteiger partial charge in [0.25, 0.3) is 0 Å². The Morgan fingerprint density at radius 2 is 2.23 bits per heavy atom. The molecule has 1 rings (SSSR count). The predicted octanol–water partition coefficient (Wildman–Crippen LogP) is 0.975. The fraction of sp³-hybridized carbons (Fsp3) is 1.00. The molecule has 0 radical (unpaired) electrons. The molecule has 0 spiro atoms. The summed E-state index contributed by atoms with van der Waals surface area (Å²) in [4.78, 5) is 0. The molecule has 0 heterocycles. The molecule has 0 aromatic carbocycles. The first-order valence-electron chi connectivity index (χ1n) is 4.95. The standard InChI is InChI=1S/C10H21NO2/c1-7-9(11-8(2)12)10(7,3)5-6-13-4/h7-9,11-12H,5-6H2,1-4H3/t7-,8+,9+,10?/m0/s1.